The summed E-state index contributed by atoms with van der Waals surface area (Å²) in [5.74, 6) is -1.83. The molecular weight excluding hydrogens is 294 g/mol. The third-order valence-electron chi connectivity index (χ3n) is 3.87. The lowest BCUT2D eigenvalue weighted by Crippen LogP contribution is -2.46. The molecule has 1 aromatic carbocycles. The van der Waals surface area contributed by atoms with Crippen LogP contribution in [0.15, 0.2) is 18.2 Å². The second-order valence-corrected chi connectivity index (χ2v) is 5.46. The number of rotatable bonds is 4. The molecule has 21 heavy (non-hydrogen) atoms. The van der Waals surface area contributed by atoms with Gasteiger partial charge < -0.3 is 14.7 Å². The summed E-state index contributed by atoms with van der Waals surface area (Å²) >= 11 is 6.06. The van der Waals surface area contributed by atoms with E-state index in [4.69, 9.17) is 16.3 Å². The van der Waals surface area contributed by atoms with Crippen LogP contribution in [0, 0.1) is 12.8 Å². The van der Waals surface area contributed by atoms with E-state index in [1.165, 1.54) is 0 Å². The van der Waals surface area contributed by atoms with Crippen molar-refractivity contribution in [3.05, 3.63) is 34.3 Å². The molecule has 0 aliphatic carbocycles. The number of carbonyl (C=O) groups excluding carboxylic acids is 1. The fraction of sp³-hybridized carbons (Fsp3) is 0.467. The Morgan fingerprint density at radius 2 is 2.14 bits per heavy atom. The number of likely N-dealkylation sites (N-methyl/N-ethyl adjacent to an activating group) is 1. The highest BCUT2D eigenvalue weighted by molar-refractivity contribution is 6.31. The topological polar surface area (TPSA) is 66.8 Å². The molecule has 6 heteroatoms. The van der Waals surface area contributed by atoms with E-state index in [2.05, 4.69) is 0 Å². The molecular formula is C15H18ClNO4. The van der Waals surface area contributed by atoms with Crippen LogP contribution in [-0.4, -0.2) is 47.7 Å². The molecule has 1 fully saturated rings. The van der Waals surface area contributed by atoms with Gasteiger partial charge >= 0.3 is 5.97 Å². The maximum Gasteiger partial charge on any atom is 0.311 e. The fourth-order valence-corrected chi connectivity index (χ4v) is 2.78. The lowest BCUT2D eigenvalue weighted by Gasteiger charge is -2.30. The van der Waals surface area contributed by atoms with E-state index in [1.54, 1.807) is 30.0 Å². The van der Waals surface area contributed by atoms with E-state index in [0.29, 0.717) is 22.7 Å². The average Bonchev–Trinajstić information content (AvgIpc) is 2.92. The predicted octanol–water partition coefficient (Wildman–Crippen LogP) is 2.21. The number of carboxylic acids is 1. The van der Waals surface area contributed by atoms with E-state index >= 15 is 0 Å². The normalized spacial score (nSPS) is 21.3. The first-order valence-corrected chi connectivity index (χ1v) is 7.21. The van der Waals surface area contributed by atoms with E-state index in [0.717, 1.165) is 0 Å². The van der Waals surface area contributed by atoms with Crippen molar-refractivity contribution in [1.82, 2.24) is 4.90 Å². The summed E-state index contributed by atoms with van der Waals surface area (Å²) in [4.78, 5) is 25.6. The van der Waals surface area contributed by atoms with Crippen molar-refractivity contribution in [2.24, 2.45) is 5.92 Å². The van der Waals surface area contributed by atoms with E-state index in [1.807, 2.05) is 6.92 Å². The maximum atomic E-state index is 12.7. The average molecular weight is 312 g/mol. The SMILES string of the molecule is CCN(C(=O)c1cccc(Cl)c1C)C1COCC1C(=O)O. The lowest BCUT2D eigenvalue weighted by molar-refractivity contribution is -0.142. The van der Waals surface area contributed by atoms with Gasteiger partial charge in [-0.15, -0.1) is 0 Å². The Morgan fingerprint density at radius 1 is 1.43 bits per heavy atom. The molecule has 1 amide bonds. The Bertz CT molecular complexity index is 561. The van der Waals surface area contributed by atoms with Gasteiger partial charge in [-0.2, -0.15) is 0 Å². The standard InChI is InChI=1S/C15H18ClNO4/c1-3-17(13-8-21-7-11(13)15(19)20)14(18)10-5-4-6-12(16)9(10)2/h4-6,11,13H,3,7-8H2,1-2H3,(H,19,20). The molecule has 0 radical (unpaired) electrons. The third kappa shape index (κ3) is 3.04. The van der Waals surface area contributed by atoms with Crippen molar-refractivity contribution < 1.29 is 19.4 Å². The number of amides is 1. The molecule has 1 saturated heterocycles. The number of hydrogen-bond donors (Lipinski definition) is 1. The van der Waals surface area contributed by atoms with Crippen LogP contribution >= 0.6 is 11.6 Å². The summed E-state index contributed by atoms with van der Waals surface area (Å²) in [6.45, 7) is 4.41. The van der Waals surface area contributed by atoms with Gasteiger partial charge in [-0.25, -0.2) is 0 Å². The minimum Gasteiger partial charge on any atom is -0.481 e. The van der Waals surface area contributed by atoms with Crippen molar-refractivity contribution in [3.8, 4) is 0 Å². The highest BCUT2D eigenvalue weighted by Gasteiger charge is 2.39. The Balaban J connectivity index is 2.30. The monoisotopic (exact) mass is 311 g/mol. The van der Waals surface area contributed by atoms with Gasteiger partial charge in [0.15, 0.2) is 0 Å². The first kappa shape index (κ1) is 15.8. The number of carbonyl (C=O) groups is 2. The van der Waals surface area contributed by atoms with Gasteiger partial charge in [-0.05, 0) is 31.5 Å². The summed E-state index contributed by atoms with van der Waals surface area (Å²) in [5, 5.41) is 9.76. The molecule has 1 N–H and O–H groups in total. The van der Waals surface area contributed by atoms with Crippen LogP contribution in [0.4, 0.5) is 0 Å². The Hall–Kier alpha value is -1.59. The molecule has 2 atom stereocenters. The lowest BCUT2D eigenvalue weighted by atomic mass is 10.00. The number of ether oxygens (including phenoxy) is 1. The fourth-order valence-electron chi connectivity index (χ4n) is 2.61. The quantitative estimate of drug-likeness (QED) is 0.926. The number of hydrogen-bond acceptors (Lipinski definition) is 3. The highest BCUT2D eigenvalue weighted by atomic mass is 35.5. The first-order valence-electron chi connectivity index (χ1n) is 6.84. The Labute approximate surface area is 128 Å². The molecule has 114 valence electrons. The van der Waals surface area contributed by atoms with Crippen molar-refractivity contribution >= 4 is 23.5 Å². The maximum absolute atomic E-state index is 12.7. The van der Waals surface area contributed by atoms with Crippen LogP contribution in [-0.2, 0) is 9.53 Å². The van der Waals surface area contributed by atoms with Crippen LogP contribution in [0.25, 0.3) is 0 Å². The van der Waals surface area contributed by atoms with Gasteiger partial charge in [-0.1, -0.05) is 17.7 Å². The number of halogens is 1. The second-order valence-electron chi connectivity index (χ2n) is 5.05. The zero-order valence-corrected chi connectivity index (χ0v) is 12.8. The minimum atomic E-state index is -0.938. The Morgan fingerprint density at radius 3 is 2.76 bits per heavy atom. The third-order valence-corrected chi connectivity index (χ3v) is 4.28. The molecule has 2 unspecified atom stereocenters. The van der Waals surface area contributed by atoms with Gasteiger partial charge in [0.25, 0.3) is 5.91 Å². The number of aliphatic carboxylic acids is 1. The Kier molecular flexibility index (Phi) is 4.85. The predicted molar refractivity (Wildman–Crippen MR) is 78.6 cm³/mol. The smallest absolute Gasteiger partial charge is 0.311 e. The second kappa shape index (κ2) is 6.45. The highest BCUT2D eigenvalue weighted by Crippen LogP contribution is 2.25. The number of carboxylic acid groups (broad SMARTS) is 1. The number of nitrogens with zero attached hydrogens (tertiary/aromatic N) is 1. The van der Waals surface area contributed by atoms with Gasteiger partial charge in [-0.3, -0.25) is 9.59 Å². The van der Waals surface area contributed by atoms with Crippen molar-refractivity contribution in [3.63, 3.8) is 0 Å². The summed E-state index contributed by atoms with van der Waals surface area (Å²) in [5.41, 5.74) is 1.20. The van der Waals surface area contributed by atoms with Gasteiger partial charge in [0.05, 0.1) is 19.3 Å². The summed E-state index contributed by atoms with van der Waals surface area (Å²) in [6.07, 6.45) is 0. The van der Waals surface area contributed by atoms with Crippen LogP contribution in [0.1, 0.15) is 22.8 Å². The molecule has 0 saturated carbocycles. The molecule has 1 aromatic rings. The zero-order chi connectivity index (χ0) is 15.6. The largest absolute Gasteiger partial charge is 0.481 e. The van der Waals surface area contributed by atoms with E-state index in [9.17, 15) is 14.7 Å². The van der Waals surface area contributed by atoms with Gasteiger partial charge in [0.1, 0.15) is 5.92 Å². The van der Waals surface area contributed by atoms with Crippen molar-refractivity contribution in [2.75, 3.05) is 19.8 Å². The summed E-state index contributed by atoms with van der Waals surface area (Å²) < 4.78 is 5.25. The summed E-state index contributed by atoms with van der Waals surface area (Å²) in [7, 11) is 0. The van der Waals surface area contributed by atoms with Crippen LogP contribution in [0.3, 0.4) is 0 Å². The molecule has 0 spiro atoms. The summed E-state index contributed by atoms with van der Waals surface area (Å²) in [6, 6.07) is 4.70. The molecule has 0 aromatic heterocycles. The molecule has 1 heterocycles. The van der Waals surface area contributed by atoms with Gasteiger partial charge in [0, 0.05) is 17.1 Å². The minimum absolute atomic E-state index is 0.137. The molecule has 1 aliphatic heterocycles. The molecule has 2 rings (SSSR count). The van der Waals surface area contributed by atoms with E-state index in [-0.39, 0.29) is 19.1 Å². The van der Waals surface area contributed by atoms with E-state index < -0.39 is 17.9 Å². The van der Waals surface area contributed by atoms with Crippen molar-refractivity contribution in [2.45, 2.75) is 19.9 Å². The molecule has 1 aliphatic rings. The molecule has 5 nitrogen and oxygen atoms in total. The van der Waals surface area contributed by atoms with Gasteiger partial charge in [0.2, 0.25) is 0 Å². The van der Waals surface area contributed by atoms with Crippen LogP contribution in [0.2, 0.25) is 5.02 Å². The zero-order valence-electron chi connectivity index (χ0n) is 12.0. The molecule has 0 bridgehead atoms. The van der Waals surface area contributed by atoms with Crippen LogP contribution < -0.4 is 0 Å². The van der Waals surface area contributed by atoms with Crippen LogP contribution in [0.5, 0.6) is 0 Å². The first-order chi connectivity index (χ1) is 9.97. The number of benzene rings is 1. The van der Waals surface area contributed by atoms with Crippen molar-refractivity contribution in [1.29, 1.82) is 0 Å².